The highest BCUT2D eigenvalue weighted by Gasteiger charge is 2.14. The van der Waals surface area contributed by atoms with Gasteiger partial charge in [-0.15, -0.1) is 0 Å². The van der Waals surface area contributed by atoms with Gasteiger partial charge in [-0.3, -0.25) is 0 Å². The van der Waals surface area contributed by atoms with Crippen LogP contribution in [0.1, 0.15) is 15.9 Å². The molecule has 0 aromatic heterocycles. The molecule has 0 amide bonds. The summed E-state index contributed by atoms with van der Waals surface area (Å²) in [6, 6.07) is 2.99. The standard InChI is InChI=1S/C8H5BrCl2O2/c9-3-4-1-5(10)2-6(11)7(4)8(12)13/h1-2H,3H2,(H,12,13). The zero-order chi connectivity index (χ0) is 10.0. The van der Waals surface area contributed by atoms with Crippen LogP contribution in [-0.2, 0) is 5.33 Å². The zero-order valence-corrected chi connectivity index (χ0v) is 9.45. The average Bonchev–Trinajstić information content (AvgIpc) is 2.01. The summed E-state index contributed by atoms with van der Waals surface area (Å²) in [6.07, 6.45) is 0. The number of carboxylic acids is 1. The van der Waals surface area contributed by atoms with Crippen LogP contribution in [0.2, 0.25) is 10.0 Å². The molecule has 5 heteroatoms. The van der Waals surface area contributed by atoms with Crippen molar-refractivity contribution in [1.29, 1.82) is 0 Å². The van der Waals surface area contributed by atoms with Gasteiger partial charge in [-0.05, 0) is 17.7 Å². The maximum absolute atomic E-state index is 10.8. The summed E-state index contributed by atoms with van der Waals surface area (Å²) in [6.45, 7) is 0. The lowest BCUT2D eigenvalue weighted by Crippen LogP contribution is -2.02. The maximum atomic E-state index is 10.8. The van der Waals surface area contributed by atoms with E-state index < -0.39 is 5.97 Å². The summed E-state index contributed by atoms with van der Waals surface area (Å²) in [5.74, 6) is -1.05. The third-order valence-corrected chi connectivity index (χ3v) is 2.61. The summed E-state index contributed by atoms with van der Waals surface area (Å²) in [5, 5.41) is 9.83. The molecule has 70 valence electrons. The van der Waals surface area contributed by atoms with Crippen LogP contribution in [0.25, 0.3) is 0 Å². The molecule has 0 spiro atoms. The average molecular weight is 284 g/mol. The molecule has 0 atom stereocenters. The van der Waals surface area contributed by atoms with Crippen molar-refractivity contribution in [3.63, 3.8) is 0 Å². The number of carbonyl (C=O) groups is 1. The molecular formula is C8H5BrCl2O2. The molecule has 13 heavy (non-hydrogen) atoms. The number of carboxylic acid groups (broad SMARTS) is 1. The number of rotatable bonds is 2. The summed E-state index contributed by atoms with van der Waals surface area (Å²) in [7, 11) is 0. The molecule has 1 aromatic rings. The Morgan fingerprint density at radius 1 is 1.46 bits per heavy atom. The number of halogens is 3. The highest BCUT2D eigenvalue weighted by Crippen LogP contribution is 2.26. The summed E-state index contributed by atoms with van der Waals surface area (Å²) in [4.78, 5) is 10.8. The van der Waals surface area contributed by atoms with E-state index in [-0.39, 0.29) is 10.6 Å². The molecule has 0 fully saturated rings. The van der Waals surface area contributed by atoms with Crippen molar-refractivity contribution in [1.82, 2.24) is 0 Å². The lowest BCUT2D eigenvalue weighted by atomic mass is 10.1. The fourth-order valence-corrected chi connectivity index (χ4v) is 2.03. The van der Waals surface area contributed by atoms with Crippen molar-refractivity contribution in [2.45, 2.75) is 5.33 Å². The van der Waals surface area contributed by atoms with E-state index in [1.54, 1.807) is 6.07 Å². The molecule has 0 unspecified atom stereocenters. The third kappa shape index (κ3) is 2.36. The smallest absolute Gasteiger partial charge is 0.337 e. The van der Waals surface area contributed by atoms with Crippen LogP contribution >= 0.6 is 39.1 Å². The number of alkyl halides is 1. The fourth-order valence-electron chi connectivity index (χ4n) is 0.972. The summed E-state index contributed by atoms with van der Waals surface area (Å²) in [5.41, 5.74) is 0.674. The van der Waals surface area contributed by atoms with Crippen LogP contribution in [0.4, 0.5) is 0 Å². The van der Waals surface area contributed by atoms with Gasteiger partial charge in [-0.25, -0.2) is 4.79 Å². The van der Waals surface area contributed by atoms with E-state index in [0.717, 1.165) is 0 Å². The van der Waals surface area contributed by atoms with E-state index in [1.807, 2.05) is 0 Å². The van der Waals surface area contributed by atoms with Crippen molar-refractivity contribution in [2.24, 2.45) is 0 Å². The van der Waals surface area contributed by atoms with Crippen LogP contribution in [0.5, 0.6) is 0 Å². The molecule has 0 saturated heterocycles. The first kappa shape index (κ1) is 10.8. The minimum atomic E-state index is -1.05. The van der Waals surface area contributed by atoms with Gasteiger partial charge in [0.25, 0.3) is 0 Å². The Morgan fingerprint density at radius 3 is 2.54 bits per heavy atom. The van der Waals surface area contributed by atoms with Gasteiger partial charge in [0.1, 0.15) is 0 Å². The normalized spacial score (nSPS) is 10.1. The molecule has 0 heterocycles. The van der Waals surface area contributed by atoms with Crippen LogP contribution in [-0.4, -0.2) is 11.1 Å². The van der Waals surface area contributed by atoms with Crippen LogP contribution in [0, 0.1) is 0 Å². The number of aromatic carboxylic acids is 1. The Morgan fingerprint density at radius 2 is 2.08 bits per heavy atom. The Kier molecular flexibility index (Phi) is 3.59. The maximum Gasteiger partial charge on any atom is 0.337 e. The molecule has 0 aliphatic carbocycles. The molecule has 0 saturated carbocycles. The van der Waals surface area contributed by atoms with Crippen molar-refractivity contribution < 1.29 is 9.90 Å². The van der Waals surface area contributed by atoms with E-state index >= 15 is 0 Å². The van der Waals surface area contributed by atoms with E-state index in [4.69, 9.17) is 28.3 Å². The van der Waals surface area contributed by atoms with E-state index in [0.29, 0.717) is 15.9 Å². The Labute approximate surface area is 93.6 Å². The summed E-state index contributed by atoms with van der Waals surface area (Å²) >= 11 is 14.6. The molecule has 1 N–H and O–H groups in total. The SMILES string of the molecule is O=C(O)c1c(Cl)cc(Cl)cc1CBr. The second kappa shape index (κ2) is 4.31. The lowest BCUT2D eigenvalue weighted by molar-refractivity contribution is 0.0696. The van der Waals surface area contributed by atoms with E-state index in [1.165, 1.54) is 6.07 Å². The van der Waals surface area contributed by atoms with E-state index in [2.05, 4.69) is 15.9 Å². The van der Waals surface area contributed by atoms with Crippen LogP contribution < -0.4 is 0 Å². The predicted molar refractivity (Wildman–Crippen MR) is 56.1 cm³/mol. The van der Waals surface area contributed by atoms with E-state index in [9.17, 15) is 4.79 Å². The molecule has 1 aromatic carbocycles. The monoisotopic (exact) mass is 282 g/mol. The molecule has 2 nitrogen and oxygen atoms in total. The van der Waals surface area contributed by atoms with Crippen molar-refractivity contribution >= 4 is 45.1 Å². The van der Waals surface area contributed by atoms with Crippen molar-refractivity contribution in [2.75, 3.05) is 0 Å². The minimum Gasteiger partial charge on any atom is -0.478 e. The first-order valence-corrected chi connectivity index (χ1v) is 5.21. The molecule has 0 aliphatic heterocycles. The molecule has 0 radical (unpaired) electrons. The Balaban J connectivity index is 3.38. The van der Waals surface area contributed by atoms with Gasteiger partial charge in [0.2, 0.25) is 0 Å². The highest BCUT2D eigenvalue weighted by atomic mass is 79.9. The second-order valence-corrected chi connectivity index (χ2v) is 3.76. The summed E-state index contributed by atoms with van der Waals surface area (Å²) < 4.78 is 0. The third-order valence-electron chi connectivity index (χ3n) is 1.49. The largest absolute Gasteiger partial charge is 0.478 e. The quantitative estimate of drug-likeness (QED) is 0.843. The van der Waals surface area contributed by atoms with Gasteiger partial charge in [-0.2, -0.15) is 0 Å². The van der Waals surface area contributed by atoms with Crippen LogP contribution in [0.15, 0.2) is 12.1 Å². The van der Waals surface area contributed by atoms with Gasteiger partial charge in [-0.1, -0.05) is 39.1 Å². The Hall–Kier alpha value is -0.250. The second-order valence-electron chi connectivity index (χ2n) is 2.36. The zero-order valence-electron chi connectivity index (χ0n) is 6.35. The van der Waals surface area contributed by atoms with Gasteiger partial charge in [0.15, 0.2) is 0 Å². The number of hydrogen-bond acceptors (Lipinski definition) is 1. The molecular weight excluding hydrogens is 279 g/mol. The highest BCUT2D eigenvalue weighted by molar-refractivity contribution is 9.08. The molecule has 0 aliphatic rings. The fraction of sp³-hybridized carbons (Fsp3) is 0.125. The number of benzene rings is 1. The molecule has 0 bridgehead atoms. The van der Waals surface area contributed by atoms with Crippen molar-refractivity contribution in [3.8, 4) is 0 Å². The number of hydrogen-bond donors (Lipinski definition) is 1. The van der Waals surface area contributed by atoms with Gasteiger partial charge < -0.3 is 5.11 Å². The van der Waals surface area contributed by atoms with Gasteiger partial charge >= 0.3 is 5.97 Å². The predicted octanol–water partition coefficient (Wildman–Crippen LogP) is 3.59. The van der Waals surface area contributed by atoms with Gasteiger partial charge in [0, 0.05) is 10.4 Å². The van der Waals surface area contributed by atoms with Gasteiger partial charge in [0.05, 0.1) is 10.6 Å². The minimum absolute atomic E-state index is 0.0999. The van der Waals surface area contributed by atoms with Crippen molar-refractivity contribution in [3.05, 3.63) is 33.3 Å². The first-order valence-electron chi connectivity index (χ1n) is 3.33. The topological polar surface area (TPSA) is 37.3 Å². The Bertz CT molecular complexity index is 352. The molecule has 1 rings (SSSR count). The first-order chi connectivity index (χ1) is 6.06. The lowest BCUT2D eigenvalue weighted by Gasteiger charge is -2.05. The van der Waals surface area contributed by atoms with Crippen LogP contribution in [0.3, 0.4) is 0 Å².